The van der Waals surface area contributed by atoms with E-state index in [2.05, 4.69) is 48.3 Å². The fourth-order valence-corrected chi connectivity index (χ4v) is 3.53. The van der Waals surface area contributed by atoms with E-state index in [-0.39, 0.29) is 24.0 Å². The Morgan fingerprint density at radius 2 is 2.04 bits per heavy atom. The van der Waals surface area contributed by atoms with Gasteiger partial charge in [0.15, 0.2) is 5.96 Å². The van der Waals surface area contributed by atoms with Crippen molar-refractivity contribution in [2.45, 2.75) is 26.9 Å². The number of aliphatic imine (C=N–C) groups is 1. The molecule has 0 spiro atoms. The number of aromatic nitrogens is 1. The van der Waals surface area contributed by atoms with E-state index >= 15 is 0 Å². The summed E-state index contributed by atoms with van der Waals surface area (Å²) in [6.45, 7) is 5.63. The van der Waals surface area contributed by atoms with Crippen molar-refractivity contribution in [2.75, 3.05) is 14.1 Å². The quantitative estimate of drug-likeness (QED) is 0.379. The minimum atomic E-state index is 0. The molecule has 1 heterocycles. The van der Waals surface area contributed by atoms with Crippen molar-refractivity contribution in [2.24, 2.45) is 4.99 Å². The number of hydrogen-bond donors (Lipinski definition) is 1. The van der Waals surface area contributed by atoms with Gasteiger partial charge >= 0.3 is 0 Å². The van der Waals surface area contributed by atoms with Gasteiger partial charge in [0.1, 0.15) is 0 Å². The Bertz CT molecular complexity index is 672. The second-order valence-corrected chi connectivity index (χ2v) is 7.23. The molecule has 7 heteroatoms. The second kappa shape index (κ2) is 9.58. The van der Waals surface area contributed by atoms with E-state index in [1.54, 1.807) is 11.3 Å². The van der Waals surface area contributed by atoms with Crippen LogP contribution in [0.3, 0.4) is 0 Å². The maximum Gasteiger partial charge on any atom is 0.193 e. The van der Waals surface area contributed by atoms with E-state index in [1.807, 2.05) is 40.1 Å². The molecule has 0 saturated carbocycles. The zero-order valence-corrected chi connectivity index (χ0v) is 18.5. The third kappa shape index (κ3) is 5.72. The minimum absolute atomic E-state index is 0. The van der Waals surface area contributed by atoms with Gasteiger partial charge in [-0.15, -0.1) is 35.3 Å². The Labute approximate surface area is 167 Å². The molecule has 0 fully saturated rings. The average Bonchev–Trinajstić information content (AvgIpc) is 2.80. The number of benzene rings is 1. The predicted octanol–water partition coefficient (Wildman–Crippen LogP) is 4.35. The van der Waals surface area contributed by atoms with E-state index in [0.29, 0.717) is 0 Å². The summed E-state index contributed by atoms with van der Waals surface area (Å²) in [6, 6.07) is 8.25. The van der Waals surface area contributed by atoms with E-state index < -0.39 is 0 Å². The monoisotopic (exact) mass is 508 g/mol. The minimum Gasteiger partial charge on any atom is -0.351 e. The molecule has 0 radical (unpaired) electrons. The number of rotatable bonds is 4. The first kappa shape index (κ1) is 20.4. The van der Waals surface area contributed by atoms with Crippen molar-refractivity contribution >= 4 is 57.2 Å². The first-order valence-corrected chi connectivity index (χ1v) is 8.70. The Hall–Kier alpha value is -0.670. The molecule has 0 amide bonds. The molecule has 1 aromatic carbocycles. The highest BCUT2D eigenvalue weighted by atomic mass is 127. The summed E-state index contributed by atoms with van der Waals surface area (Å²) < 4.78 is 1.12. The van der Waals surface area contributed by atoms with E-state index in [9.17, 15) is 0 Å². The van der Waals surface area contributed by atoms with Gasteiger partial charge in [-0.3, -0.25) is 4.99 Å². The third-order valence-corrected chi connectivity index (χ3v) is 5.19. The predicted molar refractivity (Wildman–Crippen MR) is 113 cm³/mol. The van der Waals surface area contributed by atoms with Crippen LogP contribution >= 0.6 is 51.2 Å². The van der Waals surface area contributed by atoms with Crippen LogP contribution < -0.4 is 5.32 Å². The number of thiazole rings is 1. The van der Waals surface area contributed by atoms with Crippen LogP contribution in [0.4, 0.5) is 0 Å². The summed E-state index contributed by atoms with van der Waals surface area (Å²) in [4.78, 5) is 12.2. The fraction of sp³-hybridized carbons (Fsp3) is 0.375. The summed E-state index contributed by atoms with van der Waals surface area (Å²) in [6.07, 6.45) is 0. The van der Waals surface area contributed by atoms with Crippen LogP contribution in [-0.2, 0) is 13.1 Å². The number of hydrogen-bond acceptors (Lipinski definition) is 3. The van der Waals surface area contributed by atoms with Gasteiger partial charge in [-0.2, -0.15) is 0 Å². The highest BCUT2D eigenvalue weighted by Crippen LogP contribution is 2.18. The van der Waals surface area contributed by atoms with Crippen molar-refractivity contribution in [3.8, 4) is 0 Å². The lowest BCUT2D eigenvalue weighted by Gasteiger charge is -2.22. The van der Waals surface area contributed by atoms with Gasteiger partial charge in [-0.25, -0.2) is 4.98 Å². The molecule has 0 saturated heterocycles. The second-order valence-electron chi connectivity index (χ2n) is 5.09. The summed E-state index contributed by atoms with van der Waals surface area (Å²) >= 11 is 5.32. The number of nitrogens with one attached hydrogen (secondary N) is 1. The fourth-order valence-electron chi connectivity index (χ4n) is 2.24. The molecule has 0 unspecified atom stereocenters. The van der Waals surface area contributed by atoms with Crippen molar-refractivity contribution in [3.05, 3.63) is 49.9 Å². The van der Waals surface area contributed by atoms with Gasteiger partial charge in [-0.1, -0.05) is 34.1 Å². The number of halogens is 2. The molecule has 0 aliphatic heterocycles. The van der Waals surface area contributed by atoms with Gasteiger partial charge in [-0.05, 0) is 25.5 Å². The molecule has 23 heavy (non-hydrogen) atoms. The molecule has 0 aliphatic carbocycles. The van der Waals surface area contributed by atoms with Crippen molar-refractivity contribution < 1.29 is 0 Å². The SMILES string of the molecule is CN=C(NCc1sc(C)nc1C)N(C)Cc1ccccc1Br.I. The zero-order valence-electron chi connectivity index (χ0n) is 13.8. The van der Waals surface area contributed by atoms with Crippen LogP contribution in [0.25, 0.3) is 0 Å². The van der Waals surface area contributed by atoms with Gasteiger partial charge in [0.25, 0.3) is 0 Å². The lowest BCUT2D eigenvalue weighted by Crippen LogP contribution is -2.38. The van der Waals surface area contributed by atoms with E-state index in [4.69, 9.17) is 0 Å². The van der Waals surface area contributed by atoms with Crippen LogP contribution in [0.2, 0.25) is 0 Å². The van der Waals surface area contributed by atoms with Gasteiger partial charge in [0, 0.05) is 30.0 Å². The lowest BCUT2D eigenvalue weighted by atomic mass is 10.2. The molecule has 2 rings (SSSR count). The molecule has 4 nitrogen and oxygen atoms in total. The van der Waals surface area contributed by atoms with Crippen LogP contribution in [0.5, 0.6) is 0 Å². The number of guanidine groups is 1. The maximum atomic E-state index is 4.46. The number of nitrogens with zero attached hydrogens (tertiary/aromatic N) is 3. The lowest BCUT2D eigenvalue weighted by molar-refractivity contribution is 0.476. The summed E-state index contributed by atoms with van der Waals surface area (Å²) in [5.41, 5.74) is 2.33. The first-order chi connectivity index (χ1) is 10.5. The standard InChI is InChI=1S/C16H21BrN4S.HI/c1-11-15(22-12(2)20-11)9-19-16(18-3)21(4)10-13-7-5-6-8-14(13)17;/h5-8H,9-10H2,1-4H3,(H,18,19);1H. The molecule has 0 atom stereocenters. The van der Waals surface area contributed by atoms with E-state index in [0.717, 1.165) is 34.2 Å². The summed E-state index contributed by atoms with van der Waals surface area (Å²) in [5, 5.41) is 4.51. The summed E-state index contributed by atoms with van der Waals surface area (Å²) in [7, 11) is 3.85. The summed E-state index contributed by atoms with van der Waals surface area (Å²) in [5.74, 6) is 0.876. The van der Waals surface area contributed by atoms with Crippen molar-refractivity contribution in [1.82, 2.24) is 15.2 Å². The molecule has 126 valence electrons. The molecule has 0 aliphatic rings. The molecule has 0 bridgehead atoms. The molecule has 1 N–H and O–H groups in total. The average molecular weight is 509 g/mol. The Morgan fingerprint density at radius 1 is 1.35 bits per heavy atom. The molecular formula is C16H22BrIN4S. The molecular weight excluding hydrogens is 487 g/mol. The van der Waals surface area contributed by atoms with Gasteiger partial charge in [0.05, 0.1) is 17.2 Å². The van der Waals surface area contributed by atoms with Gasteiger partial charge < -0.3 is 10.2 Å². The van der Waals surface area contributed by atoms with E-state index in [1.165, 1.54) is 10.4 Å². The maximum absolute atomic E-state index is 4.46. The molecule has 1 aromatic heterocycles. The van der Waals surface area contributed by atoms with Gasteiger partial charge in [0.2, 0.25) is 0 Å². The highest BCUT2D eigenvalue weighted by molar-refractivity contribution is 14.0. The van der Waals surface area contributed by atoms with Crippen molar-refractivity contribution in [3.63, 3.8) is 0 Å². The Kier molecular flexibility index (Phi) is 8.49. The van der Waals surface area contributed by atoms with Crippen LogP contribution in [0, 0.1) is 13.8 Å². The normalized spacial score (nSPS) is 11.1. The Morgan fingerprint density at radius 3 is 2.61 bits per heavy atom. The van der Waals surface area contributed by atoms with Crippen LogP contribution in [0.15, 0.2) is 33.7 Å². The van der Waals surface area contributed by atoms with Crippen molar-refractivity contribution in [1.29, 1.82) is 0 Å². The zero-order chi connectivity index (χ0) is 16.1. The largest absolute Gasteiger partial charge is 0.351 e. The molecule has 2 aromatic rings. The topological polar surface area (TPSA) is 40.5 Å². The van der Waals surface area contributed by atoms with Crippen LogP contribution in [-0.4, -0.2) is 29.9 Å². The Balaban J connectivity index is 0.00000264. The highest BCUT2D eigenvalue weighted by Gasteiger charge is 2.10. The smallest absolute Gasteiger partial charge is 0.193 e. The number of aryl methyl sites for hydroxylation is 2. The third-order valence-electron chi connectivity index (χ3n) is 3.35. The first-order valence-electron chi connectivity index (χ1n) is 7.09. The van der Waals surface area contributed by atoms with Crippen LogP contribution in [0.1, 0.15) is 21.1 Å².